The highest BCUT2D eigenvalue weighted by molar-refractivity contribution is 6.20. The van der Waals surface area contributed by atoms with Gasteiger partial charge in [-0.1, -0.05) is 0 Å². The minimum absolute atomic E-state index is 0.215. The van der Waals surface area contributed by atoms with Crippen molar-refractivity contribution in [1.29, 1.82) is 0 Å². The predicted molar refractivity (Wildman–Crippen MR) is 53.0 cm³/mol. The summed E-state index contributed by atoms with van der Waals surface area (Å²) in [6.07, 6.45) is 3.48. The quantitative estimate of drug-likeness (QED) is 0.717. The first-order valence-corrected chi connectivity index (χ1v) is 4.70. The maximum Gasteiger partial charge on any atom is 0.212 e. The molecule has 14 heavy (non-hydrogen) atoms. The number of aryl methyl sites for hydroxylation is 1. The number of halogens is 1. The van der Waals surface area contributed by atoms with E-state index in [-0.39, 0.29) is 5.38 Å². The second-order valence-electron chi connectivity index (χ2n) is 3.05. The third kappa shape index (κ3) is 1.65. The van der Waals surface area contributed by atoms with Crippen LogP contribution >= 0.6 is 11.6 Å². The van der Waals surface area contributed by atoms with E-state index in [0.717, 1.165) is 5.69 Å². The Morgan fingerprint density at radius 1 is 1.57 bits per heavy atom. The number of oxazole rings is 1. The van der Waals surface area contributed by atoms with Crippen molar-refractivity contribution in [3.8, 4) is 11.5 Å². The molecule has 0 fully saturated rings. The molecule has 4 nitrogen and oxygen atoms in total. The zero-order valence-corrected chi connectivity index (χ0v) is 8.69. The van der Waals surface area contributed by atoms with Crippen molar-refractivity contribution in [3.05, 3.63) is 24.4 Å². The van der Waals surface area contributed by atoms with Gasteiger partial charge in [0.05, 0.1) is 6.20 Å². The standard InChI is InChI=1S/C9H10ClN3O/c1-6(10)9-11-5-8(14-9)7-3-4-13(2)12-7/h3-6H,1-2H3. The lowest BCUT2D eigenvalue weighted by Crippen LogP contribution is -1.86. The summed E-state index contributed by atoms with van der Waals surface area (Å²) in [5, 5.41) is 3.98. The van der Waals surface area contributed by atoms with Crippen LogP contribution in [0, 0.1) is 0 Å². The number of alkyl halides is 1. The Morgan fingerprint density at radius 2 is 2.36 bits per heavy atom. The van der Waals surface area contributed by atoms with E-state index in [1.54, 1.807) is 10.9 Å². The molecular formula is C9H10ClN3O. The first-order chi connectivity index (χ1) is 6.66. The molecule has 1 atom stereocenters. The molecule has 0 aliphatic carbocycles. The smallest absolute Gasteiger partial charge is 0.212 e. The Balaban J connectivity index is 2.33. The maximum absolute atomic E-state index is 5.83. The van der Waals surface area contributed by atoms with Crippen molar-refractivity contribution in [2.24, 2.45) is 7.05 Å². The molecule has 0 saturated heterocycles. The molecule has 0 aromatic carbocycles. The summed E-state index contributed by atoms with van der Waals surface area (Å²) in [6.45, 7) is 1.82. The Hall–Kier alpha value is -1.29. The lowest BCUT2D eigenvalue weighted by molar-refractivity contribution is 0.505. The Labute approximate surface area is 86.5 Å². The molecule has 1 unspecified atom stereocenters. The molecule has 2 aromatic heterocycles. The average Bonchev–Trinajstić information content (AvgIpc) is 2.70. The largest absolute Gasteiger partial charge is 0.437 e. The van der Waals surface area contributed by atoms with Crippen LogP contribution in [0.4, 0.5) is 0 Å². The van der Waals surface area contributed by atoms with Gasteiger partial charge in [0.25, 0.3) is 0 Å². The lowest BCUT2D eigenvalue weighted by atomic mass is 10.4. The van der Waals surface area contributed by atoms with Crippen LogP contribution in [0.1, 0.15) is 18.2 Å². The summed E-state index contributed by atoms with van der Waals surface area (Å²) >= 11 is 5.83. The summed E-state index contributed by atoms with van der Waals surface area (Å²) in [5.74, 6) is 1.17. The summed E-state index contributed by atoms with van der Waals surface area (Å²) in [7, 11) is 1.85. The van der Waals surface area contributed by atoms with Crippen LogP contribution in [0.15, 0.2) is 22.9 Å². The Kier molecular flexibility index (Phi) is 2.29. The van der Waals surface area contributed by atoms with E-state index in [4.69, 9.17) is 16.0 Å². The fourth-order valence-corrected chi connectivity index (χ4v) is 1.24. The second kappa shape index (κ2) is 3.46. The molecular weight excluding hydrogens is 202 g/mol. The molecule has 0 radical (unpaired) electrons. The minimum atomic E-state index is -0.215. The van der Waals surface area contributed by atoms with Gasteiger partial charge in [-0.3, -0.25) is 4.68 Å². The van der Waals surface area contributed by atoms with Crippen molar-refractivity contribution in [2.45, 2.75) is 12.3 Å². The topological polar surface area (TPSA) is 43.9 Å². The molecule has 0 spiro atoms. The molecule has 0 aliphatic rings. The van der Waals surface area contributed by atoms with Gasteiger partial charge in [-0.05, 0) is 13.0 Å². The van der Waals surface area contributed by atoms with Crippen LogP contribution in [0.25, 0.3) is 11.5 Å². The number of hydrogen-bond acceptors (Lipinski definition) is 3. The van der Waals surface area contributed by atoms with Crippen molar-refractivity contribution < 1.29 is 4.42 Å². The highest BCUT2D eigenvalue weighted by atomic mass is 35.5. The third-order valence-corrected chi connectivity index (χ3v) is 2.02. The zero-order valence-electron chi connectivity index (χ0n) is 7.94. The van der Waals surface area contributed by atoms with Gasteiger partial charge in [-0.25, -0.2) is 4.98 Å². The van der Waals surface area contributed by atoms with Crippen LogP contribution in [0.5, 0.6) is 0 Å². The first-order valence-electron chi connectivity index (χ1n) is 4.26. The molecule has 0 N–H and O–H groups in total. The highest BCUT2D eigenvalue weighted by Gasteiger charge is 2.11. The van der Waals surface area contributed by atoms with E-state index in [1.807, 2.05) is 26.2 Å². The molecule has 0 bridgehead atoms. The van der Waals surface area contributed by atoms with Crippen LogP contribution in [-0.4, -0.2) is 14.8 Å². The predicted octanol–water partition coefficient (Wildman–Crippen LogP) is 2.37. The molecule has 0 aliphatic heterocycles. The van der Waals surface area contributed by atoms with E-state index < -0.39 is 0 Å². The SMILES string of the molecule is CC(Cl)c1ncc(-c2ccn(C)n2)o1. The molecule has 0 saturated carbocycles. The third-order valence-electron chi connectivity index (χ3n) is 1.83. The van der Waals surface area contributed by atoms with Crippen LogP contribution in [-0.2, 0) is 7.05 Å². The second-order valence-corrected chi connectivity index (χ2v) is 3.71. The van der Waals surface area contributed by atoms with Crippen molar-refractivity contribution >= 4 is 11.6 Å². The van der Waals surface area contributed by atoms with Gasteiger partial charge in [0.15, 0.2) is 5.76 Å². The molecule has 5 heteroatoms. The van der Waals surface area contributed by atoms with E-state index in [9.17, 15) is 0 Å². The average molecular weight is 212 g/mol. The number of aromatic nitrogens is 3. The summed E-state index contributed by atoms with van der Waals surface area (Å²) < 4.78 is 7.14. The number of nitrogens with zero attached hydrogens (tertiary/aromatic N) is 3. The number of hydrogen-bond donors (Lipinski definition) is 0. The van der Waals surface area contributed by atoms with E-state index in [0.29, 0.717) is 11.7 Å². The minimum Gasteiger partial charge on any atom is -0.437 e. The molecule has 74 valence electrons. The Morgan fingerprint density at radius 3 is 2.86 bits per heavy atom. The van der Waals surface area contributed by atoms with Crippen LogP contribution in [0.3, 0.4) is 0 Å². The van der Waals surface area contributed by atoms with Gasteiger partial charge < -0.3 is 4.42 Å². The Bertz CT molecular complexity index is 433. The number of rotatable bonds is 2. The first kappa shape index (κ1) is 9.27. The fraction of sp³-hybridized carbons (Fsp3) is 0.333. The molecule has 2 heterocycles. The summed E-state index contributed by atoms with van der Waals surface area (Å²) in [5.41, 5.74) is 0.767. The van der Waals surface area contributed by atoms with Crippen molar-refractivity contribution in [1.82, 2.24) is 14.8 Å². The van der Waals surface area contributed by atoms with Crippen LogP contribution < -0.4 is 0 Å². The van der Waals surface area contributed by atoms with Gasteiger partial charge in [-0.2, -0.15) is 5.10 Å². The monoisotopic (exact) mass is 211 g/mol. The van der Waals surface area contributed by atoms with Crippen molar-refractivity contribution in [3.63, 3.8) is 0 Å². The zero-order chi connectivity index (χ0) is 10.1. The normalized spacial score (nSPS) is 13.1. The van der Waals surface area contributed by atoms with Crippen molar-refractivity contribution in [2.75, 3.05) is 0 Å². The highest BCUT2D eigenvalue weighted by Crippen LogP contribution is 2.24. The van der Waals surface area contributed by atoms with E-state index in [1.165, 1.54) is 0 Å². The van der Waals surface area contributed by atoms with E-state index >= 15 is 0 Å². The summed E-state index contributed by atoms with van der Waals surface area (Å²) in [6, 6.07) is 1.86. The molecule has 0 amide bonds. The van der Waals surface area contributed by atoms with Gasteiger partial charge >= 0.3 is 0 Å². The fourth-order valence-electron chi connectivity index (χ4n) is 1.14. The maximum atomic E-state index is 5.83. The van der Waals surface area contributed by atoms with Gasteiger partial charge in [0.1, 0.15) is 11.1 Å². The molecule has 2 rings (SSSR count). The van der Waals surface area contributed by atoms with Gasteiger partial charge in [0.2, 0.25) is 5.89 Å². The van der Waals surface area contributed by atoms with Crippen LogP contribution in [0.2, 0.25) is 0 Å². The lowest BCUT2D eigenvalue weighted by Gasteiger charge is -1.93. The molecule has 2 aromatic rings. The van der Waals surface area contributed by atoms with E-state index in [2.05, 4.69) is 10.1 Å². The van der Waals surface area contributed by atoms with Gasteiger partial charge in [-0.15, -0.1) is 11.6 Å². The van der Waals surface area contributed by atoms with Gasteiger partial charge in [0, 0.05) is 13.2 Å². The summed E-state index contributed by atoms with van der Waals surface area (Å²) in [4.78, 5) is 4.05.